The molecular formula is C25H25NO5. The van der Waals surface area contributed by atoms with E-state index in [1.807, 2.05) is 6.07 Å². The molecule has 0 N–H and O–H groups in total. The van der Waals surface area contributed by atoms with Gasteiger partial charge in [-0.05, 0) is 53.6 Å². The molecule has 4 aliphatic heterocycles. The molecule has 0 amide bonds. The molecule has 8 rings (SSSR count). The molecular weight excluding hydrogens is 394 g/mol. The normalized spacial score (nSPS) is 31.7. The molecule has 1 saturated heterocycles. The Bertz CT molecular complexity index is 1140. The van der Waals surface area contributed by atoms with Crippen LogP contribution in [0.4, 0.5) is 0 Å². The SMILES string of the molecule is COc1ccc2c(c1OC)C1CC3CC(=O)CC4(c5cc6c(cc5CCN14)OCO6)C23. The first-order valence-corrected chi connectivity index (χ1v) is 11.1. The van der Waals surface area contributed by atoms with E-state index in [-0.39, 0.29) is 24.3 Å². The Morgan fingerprint density at radius 2 is 1.97 bits per heavy atom. The largest absolute Gasteiger partial charge is 0.493 e. The fraction of sp³-hybridized carbons (Fsp3) is 0.480. The summed E-state index contributed by atoms with van der Waals surface area (Å²) in [5, 5.41) is 0. The number of carbonyl (C=O) groups is 1. The van der Waals surface area contributed by atoms with Crippen molar-refractivity contribution in [3.8, 4) is 23.0 Å². The summed E-state index contributed by atoms with van der Waals surface area (Å²) in [5.41, 5.74) is 4.83. The molecule has 31 heavy (non-hydrogen) atoms. The highest BCUT2D eigenvalue weighted by Crippen LogP contribution is 2.69. The zero-order valence-electron chi connectivity index (χ0n) is 17.8. The molecule has 4 atom stereocenters. The van der Waals surface area contributed by atoms with Crippen LogP contribution in [0, 0.1) is 5.92 Å². The van der Waals surface area contributed by atoms with Crippen LogP contribution in [-0.2, 0) is 16.8 Å². The van der Waals surface area contributed by atoms with Gasteiger partial charge >= 0.3 is 0 Å². The number of ketones is 1. The van der Waals surface area contributed by atoms with Crippen molar-refractivity contribution in [2.24, 2.45) is 5.92 Å². The van der Waals surface area contributed by atoms with Crippen molar-refractivity contribution in [2.45, 2.75) is 43.2 Å². The van der Waals surface area contributed by atoms with Gasteiger partial charge in [0.1, 0.15) is 5.78 Å². The van der Waals surface area contributed by atoms with Crippen LogP contribution in [0.2, 0.25) is 0 Å². The van der Waals surface area contributed by atoms with Gasteiger partial charge in [0.25, 0.3) is 0 Å². The molecule has 2 fully saturated rings. The summed E-state index contributed by atoms with van der Waals surface area (Å²) < 4.78 is 22.9. The molecule has 1 saturated carbocycles. The average molecular weight is 419 g/mol. The summed E-state index contributed by atoms with van der Waals surface area (Å²) in [7, 11) is 3.42. The topological polar surface area (TPSA) is 57.2 Å². The van der Waals surface area contributed by atoms with Crippen molar-refractivity contribution in [2.75, 3.05) is 27.6 Å². The lowest BCUT2D eigenvalue weighted by molar-refractivity contribution is -0.145. The van der Waals surface area contributed by atoms with Gasteiger partial charge in [-0.25, -0.2) is 0 Å². The standard InChI is InChI=1S/C25H25NO5/c1-28-19-4-3-16-22(24(19)29-2)18-8-14-7-15(27)11-25(23(14)16)17-10-21-20(30-12-31-21)9-13(17)5-6-26(18)25/h3-4,9-10,14,18,23H,5-8,11-12H2,1-2H3. The van der Waals surface area contributed by atoms with E-state index in [0.717, 1.165) is 42.4 Å². The van der Waals surface area contributed by atoms with Gasteiger partial charge in [0.2, 0.25) is 6.79 Å². The molecule has 0 aromatic heterocycles. The summed E-state index contributed by atoms with van der Waals surface area (Å²) in [6.45, 7) is 1.19. The van der Waals surface area contributed by atoms with Crippen molar-refractivity contribution in [3.05, 3.63) is 46.5 Å². The number of fused-ring (bicyclic) bond motifs is 2. The second-order valence-electron chi connectivity index (χ2n) is 9.44. The monoisotopic (exact) mass is 419 g/mol. The van der Waals surface area contributed by atoms with Crippen molar-refractivity contribution in [1.82, 2.24) is 4.90 Å². The maximum atomic E-state index is 13.1. The third kappa shape index (κ3) is 2.05. The predicted octanol–water partition coefficient (Wildman–Crippen LogP) is 3.71. The Kier molecular flexibility index (Phi) is 3.43. The Morgan fingerprint density at radius 3 is 2.77 bits per heavy atom. The fourth-order valence-electron chi connectivity index (χ4n) is 7.45. The van der Waals surface area contributed by atoms with Crippen molar-refractivity contribution in [1.29, 1.82) is 0 Å². The van der Waals surface area contributed by atoms with Crippen LogP contribution in [0.15, 0.2) is 24.3 Å². The van der Waals surface area contributed by atoms with Gasteiger partial charge in [-0.2, -0.15) is 0 Å². The van der Waals surface area contributed by atoms with E-state index in [1.165, 1.54) is 22.3 Å². The van der Waals surface area contributed by atoms with Crippen LogP contribution in [0.1, 0.15) is 53.5 Å². The highest BCUT2D eigenvalue weighted by atomic mass is 16.7. The molecule has 160 valence electrons. The minimum atomic E-state index is -0.315. The van der Waals surface area contributed by atoms with Gasteiger partial charge in [-0.3, -0.25) is 9.69 Å². The summed E-state index contributed by atoms with van der Waals surface area (Å²) in [5.74, 6) is 4.25. The van der Waals surface area contributed by atoms with E-state index in [4.69, 9.17) is 18.9 Å². The first kappa shape index (κ1) is 17.9. The summed E-state index contributed by atoms with van der Waals surface area (Å²) in [6.07, 6.45) is 3.17. The van der Waals surface area contributed by atoms with Gasteiger partial charge < -0.3 is 18.9 Å². The number of piperidine rings is 1. The molecule has 6 aliphatic rings. The smallest absolute Gasteiger partial charge is 0.231 e. The second kappa shape index (κ2) is 5.94. The molecule has 4 heterocycles. The molecule has 2 aliphatic carbocycles. The van der Waals surface area contributed by atoms with Gasteiger partial charge in [-0.15, -0.1) is 0 Å². The highest BCUT2D eigenvalue weighted by Gasteiger charge is 2.64. The minimum Gasteiger partial charge on any atom is -0.493 e. The van der Waals surface area contributed by atoms with Gasteiger partial charge in [0, 0.05) is 36.9 Å². The number of hydrogen-bond donors (Lipinski definition) is 0. The first-order valence-electron chi connectivity index (χ1n) is 11.1. The van der Waals surface area contributed by atoms with E-state index in [0.29, 0.717) is 24.5 Å². The van der Waals surface area contributed by atoms with Crippen molar-refractivity contribution < 1.29 is 23.7 Å². The molecule has 6 heteroatoms. The second-order valence-corrected chi connectivity index (χ2v) is 9.44. The van der Waals surface area contributed by atoms with E-state index >= 15 is 0 Å². The molecule has 4 unspecified atom stereocenters. The lowest BCUT2D eigenvalue weighted by Crippen LogP contribution is -2.66. The number of Topliss-reactive ketones (excluding diaryl/α,β-unsaturated/α-hetero) is 1. The lowest BCUT2D eigenvalue weighted by Gasteiger charge is -2.66. The van der Waals surface area contributed by atoms with Gasteiger partial charge in [0.15, 0.2) is 23.0 Å². The van der Waals surface area contributed by atoms with Gasteiger partial charge in [-0.1, -0.05) is 6.07 Å². The molecule has 0 radical (unpaired) electrons. The van der Waals surface area contributed by atoms with Crippen LogP contribution in [0.5, 0.6) is 23.0 Å². The number of methoxy groups -OCH3 is 2. The zero-order valence-corrected chi connectivity index (χ0v) is 17.8. The Balaban J connectivity index is 1.52. The maximum Gasteiger partial charge on any atom is 0.231 e. The van der Waals surface area contributed by atoms with E-state index in [2.05, 4.69) is 23.1 Å². The Morgan fingerprint density at radius 1 is 1.13 bits per heavy atom. The number of hydrogen-bond acceptors (Lipinski definition) is 6. The molecule has 1 spiro atoms. The summed E-state index contributed by atoms with van der Waals surface area (Å²) in [4.78, 5) is 15.7. The van der Waals surface area contributed by atoms with E-state index in [1.54, 1.807) is 14.2 Å². The van der Waals surface area contributed by atoms with Crippen LogP contribution >= 0.6 is 0 Å². The summed E-state index contributed by atoms with van der Waals surface area (Å²) >= 11 is 0. The lowest BCUT2D eigenvalue weighted by atomic mass is 9.50. The summed E-state index contributed by atoms with van der Waals surface area (Å²) in [6, 6.07) is 8.79. The van der Waals surface area contributed by atoms with Crippen LogP contribution in [0.25, 0.3) is 0 Å². The predicted molar refractivity (Wildman–Crippen MR) is 112 cm³/mol. The van der Waals surface area contributed by atoms with Crippen LogP contribution in [0.3, 0.4) is 0 Å². The van der Waals surface area contributed by atoms with E-state index in [9.17, 15) is 4.79 Å². The van der Waals surface area contributed by atoms with Crippen LogP contribution in [-0.4, -0.2) is 38.2 Å². The number of rotatable bonds is 2. The van der Waals surface area contributed by atoms with Gasteiger partial charge in [0.05, 0.1) is 19.8 Å². The maximum absolute atomic E-state index is 13.1. The Hall–Kier alpha value is -2.73. The van der Waals surface area contributed by atoms with Crippen molar-refractivity contribution >= 4 is 5.78 Å². The molecule has 4 bridgehead atoms. The van der Waals surface area contributed by atoms with Crippen LogP contribution < -0.4 is 18.9 Å². The molecule has 6 nitrogen and oxygen atoms in total. The highest BCUT2D eigenvalue weighted by molar-refractivity contribution is 5.83. The third-order valence-electron chi connectivity index (χ3n) is 8.33. The first-order chi connectivity index (χ1) is 15.2. The number of carbonyl (C=O) groups excluding carboxylic acids is 1. The third-order valence-corrected chi connectivity index (χ3v) is 8.33. The number of ether oxygens (including phenoxy) is 4. The number of nitrogens with zero attached hydrogens (tertiary/aromatic N) is 1. The molecule has 2 aromatic rings. The molecule has 2 aromatic carbocycles. The minimum absolute atomic E-state index is 0.224. The zero-order chi connectivity index (χ0) is 20.9. The Labute approximate surface area is 181 Å². The average Bonchev–Trinajstić information content (AvgIpc) is 3.23. The fourth-order valence-corrected chi connectivity index (χ4v) is 7.45. The number of benzene rings is 2. The van der Waals surface area contributed by atoms with E-state index < -0.39 is 0 Å². The van der Waals surface area contributed by atoms with Crippen molar-refractivity contribution in [3.63, 3.8) is 0 Å². The quantitative estimate of drug-likeness (QED) is 0.740.